The van der Waals surface area contributed by atoms with Crippen molar-refractivity contribution in [3.05, 3.63) is 70.8 Å². The normalized spacial score (nSPS) is 23.3. The van der Waals surface area contributed by atoms with E-state index in [0.29, 0.717) is 40.5 Å². The number of nitrogens with zero attached hydrogens (tertiary/aromatic N) is 1. The molecule has 2 aliphatic carbocycles. The smallest absolute Gasteiger partial charge is 0.247 e. The largest absolute Gasteiger partial charge is 0.493 e. The second-order valence-electron chi connectivity index (χ2n) is 11.2. The summed E-state index contributed by atoms with van der Waals surface area (Å²) in [6.45, 7) is -0.129. The fourth-order valence-corrected chi connectivity index (χ4v) is 6.53. The highest BCUT2D eigenvalue weighted by Gasteiger charge is 2.51. The van der Waals surface area contributed by atoms with E-state index in [1.165, 1.54) is 20.0 Å². The number of methoxy groups -OCH3 is 1. The van der Waals surface area contributed by atoms with Crippen molar-refractivity contribution in [2.75, 3.05) is 20.3 Å². The Morgan fingerprint density at radius 2 is 1.85 bits per heavy atom. The predicted molar refractivity (Wildman–Crippen MR) is 152 cm³/mol. The Morgan fingerprint density at radius 1 is 1.10 bits per heavy atom. The van der Waals surface area contributed by atoms with Gasteiger partial charge in [-0.1, -0.05) is 56.0 Å². The molecule has 4 unspecified atom stereocenters. The van der Waals surface area contributed by atoms with Crippen LogP contribution in [0.3, 0.4) is 0 Å². The Hall–Kier alpha value is -3.40. The average Bonchev–Trinajstić information content (AvgIpc) is 3.66. The zero-order chi connectivity index (χ0) is 28.9. The summed E-state index contributed by atoms with van der Waals surface area (Å²) >= 11 is 0. The molecule has 3 aliphatic rings. The van der Waals surface area contributed by atoms with E-state index in [1.807, 2.05) is 30.3 Å². The first-order valence-electron chi connectivity index (χ1n) is 14.6. The molecule has 0 radical (unpaired) electrons. The number of aliphatic hydroxyl groups excluding tert-OH is 3. The molecule has 5 rings (SSSR count). The van der Waals surface area contributed by atoms with Gasteiger partial charge in [0.2, 0.25) is 11.8 Å². The van der Waals surface area contributed by atoms with Crippen LogP contribution in [0.2, 0.25) is 0 Å². The topological polar surface area (TPSA) is 129 Å². The van der Waals surface area contributed by atoms with Crippen LogP contribution in [0.1, 0.15) is 61.1 Å². The van der Waals surface area contributed by atoms with Crippen LogP contribution in [-0.2, 0) is 22.7 Å². The number of aliphatic hydroxyl groups is 3. The molecule has 2 aromatic rings. The molecule has 41 heavy (non-hydrogen) atoms. The van der Waals surface area contributed by atoms with Crippen molar-refractivity contribution < 1.29 is 34.4 Å². The maximum absolute atomic E-state index is 13.9. The molecule has 1 saturated carbocycles. The monoisotopic (exact) mass is 564 g/mol. The lowest BCUT2D eigenvalue weighted by Crippen LogP contribution is -2.55. The highest BCUT2D eigenvalue weighted by molar-refractivity contribution is 5.96. The first-order chi connectivity index (χ1) is 19.9. The van der Waals surface area contributed by atoms with E-state index in [0.717, 1.165) is 24.8 Å². The molecule has 220 valence electrons. The van der Waals surface area contributed by atoms with Crippen molar-refractivity contribution in [2.45, 2.75) is 75.8 Å². The first kappa shape index (κ1) is 29.1. The van der Waals surface area contributed by atoms with Gasteiger partial charge in [0, 0.05) is 30.6 Å². The Labute approximate surface area is 240 Å². The Bertz CT molecular complexity index is 1260. The van der Waals surface area contributed by atoms with Crippen LogP contribution in [0, 0.1) is 5.92 Å². The van der Waals surface area contributed by atoms with Crippen molar-refractivity contribution in [1.82, 2.24) is 10.2 Å². The molecule has 2 amide bonds. The van der Waals surface area contributed by atoms with Crippen molar-refractivity contribution in [1.29, 1.82) is 0 Å². The fourth-order valence-electron chi connectivity index (χ4n) is 6.53. The number of fused-ring (bicyclic) bond motifs is 3. The van der Waals surface area contributed by atoms with Crippen LogP contribution in [0.5, 0.6) is 11.5 Å². The van der Waals surface area contributed by atoms with Crippen LogP contribution in [-0.4, -0.2) is 70.5 Å². The maximum atomic E-state index is 13.9. The van der Waals surface area contributed by atoms with Crippen molar-refractivity contribution >= 4 is 11.8 Å². The van der Waals surface area contributed by atoms with Gasteiger partial charge in [-0.3, -0.25) is 9.59 Å². The second kappa shape index (κ2) is 13.1. The molecule has 4 N–H and O–H groups in total. The molecule has 0 bridgehead atoms. The van der Waals surface area contributed by atoms with Crippen molar-refractivity contribution in [3.63, 3.8) is 0 Å². The standard InChI is InChI=1S/C32H40N2O7/c1-40-26-16-22(19-36)15-23-28-24(32(39)33-13-14-35)17-25(29(38)31(28)41-30(23)26)34(18-21-9-3-2-4-10-21)27(37)12-11-20-7-5-6-8-20/h2-4,9-10,15-17,20,25,28-29,31,35-36,38H,5-8,11-14,18-19H2,1H3,(H,33,39). The number of nitrogens with one attached hydrogen (secondary N) is 1. The number of amides is 2. The molecule has 2 aromatic carbocycles. The predicted octanol–water partition coefficient (Wildman–Crippen LogP) is 2.81. The molecule has 0 spiro atoms. The maximum Gasteiger partial charge on any atom is 0.247 e. The van der Waals surface area contributed by atoms with E-state index in [9.17, 15) is 24.9 Å². The number of rotatable bonds is 11. The molecule has 0 saturated heterocycles. The molecule has 1 heterocycles. The molecular weight excluding hydrogens is 524 g/mol. The fraction of sp³-hybridized carbons (Fsp3) is 0.500. The van der Waals surface area contributed by atoms with Gasteiger partial charge in [-0.15, -0.1) is 0 Å². The summed E-state index contributed by atoms with van der Waals surface area (Å²) in [5, 5.41) is 33.8. The van der Waals surface area contributed by atoms with Gasteiger partial charge in [0.1, 0.15) is 12.2 Å². The Balaban J connectivity index is 1.54. The van der Waals surface area contributed by atoms with Gasteiger partial charge in [-0.25, -0.2) is 0 Å². The summed E-state index contributed by atoms with van der Waals surface area (Å²) < 4.78 is 11.9. The van der Waals surface area contributed by atoms with Gasteiger partial charge in [-0.05, 0) is 41.7 Å². The minimum atomic E-state index is -1.14. The number of carbonyl (C=O) groups is 2. The van der Waals surface area contributed by atoms with Crippen LogP contribution in [0.15, 0.2) is 54.1 Å². The van der Waals surface area contributed by atoms with E-state index in [2.05, 4.69) is 5.32 Å². The highest BCUT2D eigenvalue weighted by atomic mass is 16.5. The third-order valence-electron chi connectivity index (χ3n) is 8.61. The van der Waals surface area contributed by atoms with Crippen LogP contribution < -0.4 is 14.8 Å². The van der Waals surface area contributed by atoms with Gasteiger partial charge in [0.15, 0.2) is 11.5 Å². The zero-order valence-electron chi connectivity index (χ0n) is 23.5. The summed E-state index contributed by atoms with van der Waals surface area (Å²) in [4.78, 5) is 29.0. The minimum absolute atomic E-state index is 0.0581. The van der Waals surface area contributed by atoms with E-state index < -0.39 is 30.1 Å². The lowest BCUT2D eigenvalue weighted by Gasteiger charge is -2.41. The number of hydrogen-bond donors (Lipinski definition) is 4. The minimum Gasteiger partial charge on any atom is -0.493 e. The number of carbonyl (C=O) groups excluding carboxylic acids is 2. The third kappa shape index (κ3) is 6.12. The van der Waals surface area contributed by atoms with Crippen LogP contribution in [0.4, 0.5) is 0 Å². The molecule has 0 aromatic heterocycles. The van der Waals surface area contributed by atoms with Gasteiger partial charge in [0.05, 0.1) is 32.3 Å². The van der Waals surface area contributed by atoms with Gasteiger partial charge < -0.3 is 35.0 Å². The average molecular weight is 565 g/mol. The number of benzene rings is 2. The highest BCUT2D eigenvalue weighted by Crippen LogP contribution is 2.51. The molecular formula is C32H40N2O7. The molecule has 9 nitrogen and oxygen atoms in total. The van der Waals surface area contributed by atoms with Crippen LogP contribution >= 0.6 is 0 Å². The third-order valence-corrected chi connectivity index (χ3v) is 8.61. The summed E-state index contributed by atoms with van der Waals surface area (Å²) in [6.07, 6.45) is 5.53. The summed E-state index contributed by atoms with van der Waals surface area (Å²) in [5.74, 6) is 0.201. The van der Waals surface area contributed by atoms with E-state index >= 15 is 0 Å². The lowest BCUT2D eigenvalue weighted by molar-refractivity contribution is -0.138. The van der Waals surface area contributed by atoms with E-state index in [-0.39, 0.29) is 32.2 Å². The molecule has 4 atom stereocenters. The first-order valence-corrected chi connectivity index (χ1v) is 14.6. The number of hydrogen-bond acceptors (Lipinski definition) is 7. The Kier molecular flexibility index (Phi) is 9.27. The van der Waals surface area contributed by atoms with E-state index in [4.69, 9.17) is 9.47 Å². The van der Waals surface area contributed by atoms with Crippen molar-refractivity contribution in [2.24, 2.45) is 5.92 Å². The van der Waals surface area contributed by atoms with Crippen molar-refractivity contribution in [3.8, 4) is 11.5 Å². The molecule has 1 aliphatic heterocycles. The quantitative estimate of drug-likeness (QED) is 0.330. The summed E-state index contributed by atoms with van der Waals surface area (Å²) in [5.41, 5.74) is 2.48. The molecule has 1 fully saturated rings. The SMILES string of the molecule is COc1cc(CO)cc2c1OC1C2C(C(=O)NCCO)=CC(N(Cc2ccccc2)C(=O)CCC2CCCC2)C1O. The summed E-state index contributed by atoms with van der Waals surface area (Å²) in [6, 6.07) is 12.2. The van der Waals surface area contributed by atoms with Gasteiger partial charge >= 0.3 is 0 Å². The van der Waals surface area contributed by atoms with E-state index in [1.54, 1.807) is 23.1 Å². The van der Waals surface area contributed by atoms with Crippen LogP contribution in [0.25, 0.3) is 0 Å². The summed E-state index contributed by atoms with van der Waals surface area (Å²) in [7, 11) is 1.50. The Morgan fingerprint density at radius 3 is 2.54 bits per heavy atom. The van der Waals surface area contributed by atoms with Gasteiger partial charge in [-0.2, -0.15) is 0 Å². The molecule has 9 heteroatoms. The number of ether oxygens (including phenoxy) is 2. The zero-order valence-corrected chi connectivity index (χ0v) is 23.5. The second-order valence-corrected chi connectivity index (χ2v) is 11.2. The lowest BCUT2D eigenvalue weighted by atomic mass is 9.77. The van der Waals surface area contributed by atoms with Gasteiger partial charge in [0.25, 0.3) is 0 Å².